The van der Waals surface area contributed by atoms with Crippen molar-refractivity contribution in [1.82, 2.24) is 0 Å². The Morgan fingerprint density at radius 2 is 1.91 bits per heavy atom. The van der Waals surface area contributed by atoms with Crippen LogP contribution in [0.4, 0.5) is 0 Å². The fraction of sp³-hybridized carbons (Fsp3) is 0.857. The molecule has 1 saturated carbocycles. The lowest BCUT2D eigenvalue weighted by atomic mass is 10.0. The Morgan fingerprint density at radius 3 is 2.36 bits per heavy atom. The first-order valence-electron chi connectivity index (χ1n) is 3.96. The van der Waals surface area contributed by atoms with E-state index in [-0.39, 0.29) is 10.4 Å². The molecule has 1 rings (SSSR count). The Balaban J connectivity index is 2.45. The van der Waals surface area contributed by atoms with Crippen LogP contribution in [0.15, 0.2) is 0 Å². The van der Waals surface area contributed by atoms with Crippen molar-refractivity contribution in [2.45, 2.75) is 37.4 Å². The second kappa shape index (κ2) is 3.85. The van der Waals surface area contributed by atoms with Gasteiger partial charge in [0.1, 0.15) is 0 Å². The average molecular weight is 174 g/mol. The van der Waals surface area contributed by atoms with Gasteiger partial charge in [0.15, 0.2) is 5.17 Å². The Kier molecular flexibility index (Phi) is 3.05. The maximum Gasteiger partial charge on any atom is 0.182 e. The molecular weight excluding hydrogens is 160 g/mol. The van der Waals surface area contributed by atoms with Gasteiger partial charge in [0.05, 0.1) is 10.8 Å². The molecule has 4 heteroatoms. The Hall–Kier alpha value is -0.380. The summed E-state index contributed by atoms with van der Waals surface area (Å²) in [6, 6.07) is 0. The highest BCUT2D eigenvalue weighted by molar-refractivity contribution is 8.00. The molecule has 1 atom stereocenters. The standard InChI is InChI=1S/C7H14N2OS/c8-7(9)11(10)6-4-2-1-3-5-6/h6H,1-5H2,(H3,8,9). The predicted molar refractivity (Wildman–Crippen MR) is 46.9 cm³/mol. The van der Waals surface area contributed by atoms with Crippen molar-refractivity contribution in [3.8, 4) is 0 Å². The summed E-state index contributed by atoms with van der Waals surface area (Å²) in [5.74, 6) is 0. The van der Waals surface area contributed by atoms with E-state index in [0.29, 0.717) is 0 Å². The van der Waals surface area contributed by atoms with Crippen LogP contribution < -0.4 is 5.73 Å². The Labute approximate surface area is 69.3 Å². The molecule has 0 radical (unpaired) electrons. The smallest absolute Gasteiger partial charge is 0.182 e. The molecule has 64 valence electrons. The van der Waals surface area contributed by atoms with Crippen LogP contribution in [0.1, 0.15) is 32.1 Å². The number of nitrogens with one attached hydrogen (secondary N) is 1. The maximum absolute atomic E-state index is 11.3. The molecule has 0 aromatic rings. The predicted octanol–water partition coefficient (Wildman–Crippen LogP) is 0.961. The van der Waals surface area contributed by atoms with Crippen molar-refractivity contribution in [2.75, 3.05) is 0 Å². The molecule has 11 heavy (non-hydrogen) atoms. The highest BCUT2D eigenvalue weighted by Crippen LogP contribution is 2.21. The van der Waals surface area contributed by atoms with Gasteiger partial charge in [-0.2, -0.15) is 0 Å². The van der Waals surface area contributed by atoms with Gasteiger partial charge in [-0.25, -0.2) is 0 Å². The van der Waals surface area contributed by atoms with Gasteiger partial charge in [-0.3, -0.25) is 9.62 Å². The second-order valence-electron chi connectivity index (χ2n) is 2.92. The first-order chi connectivity index (χ1) is 5.22. The minimum Gasteiger partial charge on any atom is -0.377 e. The molecule has 3 N–H and O–H groups in total. The third kappa shape index (κ3) is 2.29. The highest BCUT2D eigenvalue weighted by Gasteiger charge is 2.21. The van der Waals surface area contributed by atoms with Crippen LogP contribution in [0.5, 0.6) is 0 Å². The van der Waals surface area contributed by atoms with Gasteiger partial charge < -0.3 is 5.73 Å². The second-order valence-corrected chi connectivity index (χ2v) is 4.62. The Bertz CT molecular complexity index is 175. The van der Waals surface area contributed by atoms with Crippen LogP contribution >= 0.6 is 0 Å². The molecule has 1 unspecified atom stereocenters. The van der Waals surface area contributed by atoms with E-state index in [0.717, 1.165) is 25.7 Å². The van der Waals surface area contributed by atoms with Gasteiger partial charge in [-0.05, 0) is 12.8 Å². The van der Waals surface area contributed by atoms with Crippen LogP contribution in [0, 0.1) is 5.41 Å². The monoisotopic (exact) mass is 174 g/mol. The number of hydrogen-bond acceptors (Lipinski definition) is 2. The van der Waals surface area contributed by atoms with Gasteiger partial charge in [-0.1, -0.05) is 19.3 Å². The molecule has 0 spiro atoms. The molecular formula is C7H14N2OS. The zero-order valence-corrected chi connectivity index (χ0v) is 7.32. The van der Waals surface area contributed by atoms with E-state index in [9.17, 15) is 4.21 Å². The molecule has 1 fully saturated rings. The van der Waals surface area contributed by atoms with Crippen LogP contribution in [-0.4, -0.2) is 14.6 Å². The SMILES string of the molecule is N=C(N)S(=O)C1CCCCC1. The average Bonchev–Trinajstić information content (AvgIpc) is 2.05. The third-order valence-electron chi connectivity index (χ3n) is 2.07. The van der Waals surface area contributed by atoms with E-state index in [1.54, 1.807) is 0 Å². The summed E-state index contributed by atoms with van der Waals surface area (Å²) in [6.07, 6.45) is 5.48. The van der Waals surface area contributed by atoms with Gasteiger partial charge in [-0.15, -0.1) is 0 Å². The van der Waals surface area contributed by atoms with Crippen molar-refractivity contribution in [2.24, 2.45) is 5.73 Å². The zero-order chi connectivity index (χ0) is 8.27. The summed E-state index contributed by atoms with van der Waals surface area (Å²) in [6.45, 7) is 0. The zero-order valence-electron chi connectivity index (χ0n) is 6.51. The summed E-state index contributed by atoms with van der Waals surface area (Å²) >= 11 is 0. The van der Waals surface area contributed by atoms with Crippen molar-refractivity contribution >= 4 is 16.0 Å². The van der Waals surface area contributed by atoms with Gasteiger partial charge in [0.2, 0.25) is 0 Å². The van der Waals surface area contributed by atoms with Gasteiger partial charge in [0.25, 0.3) is 0 Å². The van der Waals surface area contributed by atoms with E-state index < -0.39 is 10.8 Å². The highest BCUT2D eigenvalue weighted by atomic mass is 32.2. The van der Waals surface area contributed by atoms with E-state index in [4.69, 9.17) is 11.1 Å². The first-order valence-corrected chi connectivity index (χ1v) is 5.17. The lowest BCUT2D eigenvalue weighted by Gasteiger charge is -2.19. The summed E-state index contributed by atoms with van der Waals surface area (Å²) < 4.78 is 11.3. The molecule has 0 aliphatic heterocycles. The quantitative estimate of drug-likeness (QED) is 0.459. The lowest BCUT2D eigenvalue weighted by molar-refractivity contribution is 0.507. The third-order valence-corrected chi connectivity index (χ3v) is 3.58. The molecule has 0 aromatic heterocycles. The maximum atomic E-state index is 11.3. The number of rotatable bonds is 1. The molecule has 1 aliphatic carbocycles. The molecule has 1 aliphatic rings. The first kappa shape index (κ1) is 8.71. The van der Waals surface area contributed by atoms with E-state index in [2.05, 4.69) is 0 Å². The van der Waals surface area contributed by atoms with Crippen molar-refractivity contribution in [3.63, 3.8) is 0 Å². The summed E-state index contributed by atoms with van der Waals surface area (Å²) in [7, 11) is -1.20. The van der Waals surface area contributed by atoms with Crippen LogP contribution in [0.3, 0.4) is 0 Å². The topological polar surface area (TPSA) is 66.9 Å². The van der Waals surface area contributed by atoms with E-state index in [1.165, 1.54) is 6.42 Å². The number of amidine groups is 1. The fourth-order valence-electron chi connectivity index (χ4n) is 1.46. The molecule has 0 bridgehead atoms. The molecule has 0 aromatic carbocycles. The van der Waals surface area contributed by atoms with Gasteiger partial charge in [0, 0.05) is 5.25 Å². The summed E-state index contributed by atoms with van der Waals surface area (Å²) in [5, 5.41) is 7.03. The van der Waals surface area contributed by atoms with E-state index in [1.807, 2.05) is 0 Å². The summed E-state index contributed by atoms with van der Waals surface area (Å²) in [5.41, 5.74) is 5.15. The Morgan fingerprint density at radius 1 is 1.36 bits per heavy atom. The van der Waals surface area contributed by atoms with E-state index >= 15 is 0 Å². The molecule has 3 nitrogen and oxygen atoms in total. The minimum atomic E-state index is -1.20. The lowest BCUT2D eigenvalue weighted by Crippen LogP contribution is -2.28. The molecule has 0 heterocycles. The molecule has 0 saturated heterocycles. The number of hydrogen-bond donors (Lipinski definition) is 2. The normalized spacial score (nSPS) is 22.9. The van der Waals surface area contributed by atoms with Crippen LogP contribution in [-0.2, 0) is 10.8 Å². The number of nitrogens with two attached hydrogens (primary N) is 1. The van der Waals surface area contributed by atoms with Crippen molar-refractivity contribution in [3.05, 3.63) is 0 Å². The summed E-state index contributed by atoms with van der Waals surface area (Å²) in [4.78, 5) is 0. The molecule has 0 amide bonds. The van der Waals surface area contributed by atoms with Crippen LogP contribution in [0.25, 0.3) is 0 Å². The fourth-order valence-corrected chi connectivity index (χ4v) is 2.58. The van der Waals surface area contributed by atoms with Gasteiger partial charge >= 0.3 is 0 Å². The largest absolute Gasteiger partial charge is 0.377 e. The minimum absolute atomic E-state index is 0.156. The van der Waals surface area contributed by atoms with Crippen molar-refractivity contribution < 1.29 is 4.21 Å². The van der Waals surface area contributed by atoms with Crippen LogP contribution in [0.2, 0.25) is 0 Å². The van der Waals surface area contributed by atoms with Crippen molar-refractivity contribution in [1.29, 1.82) is 5.41 Å².